The zero-order valence-electron chi connectivity index (χ0n) is 13.1. The van der Waals surface area contributed by atoms with E-state index in [1.807, 2.05) is 31.2 Å². The first-order valence-electron chi connectivity index (χ1n) is 7.52. The van der Waals surface area contributed by atoms with Crippen LogP contribution in [-0.2, 0) is 16.0 Å². The molecule has 0 fully saturated rings. The van der Waals surface area contributed by atoms with Gasteiger partial charge in [-0.05, 0) is 26.2 Å². The third kappa shape index (κ3) is 2.60. The van der Waals surface area contributed by atoms with Crippen LogP contribution in [0.1, 0.15) is 40.6 Å². The molecule has 0 bridgehead atoms. The molecule has 6 nitrogen and oxygen atoms in total. The van der Waals surface area contributed by atoms with Crippen molar-refractivity contribution in [2.24, 2.45) is 0 Å². The Balaban J connectivity index is 2.21. The monoisotopic (exact) mass is 314 g/mol. The van der Waals surface area contributed by atoms with Gasteiger partial charge in [0.25, 0.3) is 0 Å². The Labute approximate surface area is 133 Å². The number of rotatable bonds is 3. The molecule has 1 atom stereocenters. The van der Waals surface area contributed by atoms with Crippen LogP contribution in [-0.4, -0.2) is 33.7 Å². The van der Waals surface area contributed by atoms with Gasteiger partial charge in [0, 0.05) is 5.56 Å². The Morgan fingerprint density at radius 3 is 2.61 bits per heavy atom. The van der Waals surface area contributed by atoms with Gasteiger partial charge >= 0.3 is 11.9 Å². The summed E-state index contributed by atoms with van der Waals surface area (Å²) in [5, 5.41) is 9.44. The first kappa shape index (κ1) is 15.3. The number of aromatic nitrogens is 2. The average Bonchev–Trinajstić information content (AvgIpc) is 2.94. The Hall–Kier alpha value is -2.63. The number of methoxy groups -OCH3 is 1. The summed E-state index contributed by atoms with van der Waals surface area (Å²) in [7, 11) is 1.34. The smallest absolute Gasteiger partial charge is 0.356 e. The highest BCUT2D eigenvalue weighted by molar-refractivity contribution is 5.88. The number of hydrogen-bond acceptors (Lipinski definition) is 4. The molecule has 1 aromatic heterocycles. The SMILES string of the molecule is COC(=O)C1CCCc2c(C(=O)O)nc(-c3ccc(C)cc3)n21. The third-order valence-electron chi connectivity index (χ3n) is 4.20. The van der Waals surface area contributed by atoms with Crippen molar-refractivity contribution in [3.8, 4) is 11.4 Å². The molecule has 0 saturated heterocycles. The lowest BCUT2D eigenvalue weighted by Crippen LogP contribution is -2.27. The van der Waals surface area contributed by atoms with E-state index in [0.29, 0.717) is 24.4 Å². The minimum atomic E-state index is -1.07. The number of aryl methyl sites for hydroxylation is 1. The van der Waals surface area contributed by atoms with Crippen molar-refractivity contribution in [3.63, 3.8) is 0 Å². The van der Waals surface area contributed by atoms with E-state index in [-0.39, 0.29) is 11.7 Å². The summed E-state index contributed by atoms with van der Waals surface area (Å²) in [5.74, 6) is -0.932. The van der Waals surface area contributed by atoms with Crippen molar-refractivity contribution in [2.75, 3.05) is 7.11 Å². The Kier molecular flexibility index (Phi) is 3.90. The van der Waals surface area contributed by atoms with E-state index >= 15 is 0 Å². The standard InChI is InChI=1S/C17H18N2O4/c1-10-6-8-11(9-7-10)15-18-14(16(20)21)12-4-3-5-13(19(12)15)17(22)23-2/h6-9,13H,3-5H2,1-2H3,(H,20,21). The molecule has 1 aliphatic rings. The maximum absolute atomic E-state index is 12.1. The van der Waals surface area contributed by atoms with Crippen LogP contribution in [0.15, 0.2) is 24.3 Å². The second kappa shape index (κ2) is 5.87. The molecule has 2 heterocycles. The average molecular weight is 314 g/mol. The summed E-state index contributed by atoms with van der Waals surface area (Å²) in [4.78, 5) is 28.0. The highest BCUT2D eigenvalue weighted by atomic mass is 16.5. The van der Waals surface area contributed by atoms with Gasteiger partial charge in [-0.15, -0.1) is 0 Å². The van der Waals surface area contributed by atoms with Gasteiger partial charge in [-0.1, -0.05) is 29.8 Å². The molecule has 0 aliphatic carbocycles. The number of fused-ring (bicyclic) bond motifs is 1. The van der Waals surface area contributed by atoms with Gasteiger partial charge in [0.2, 0.25) is 0 Å². The Morgan fingerprint density at radius 2 is 2.00 bits per heavy atom. The Bertz CT molecular complexity index is 762. The molecular weight excluding hydrogens is 296 g/mol. The topological polar surface area (TPSA) is 81.4 Å². The zero-order chi connectivity index (χ0) is 16.6. The maximum Gasteiger partial charge on any atom is 0.356 e. The fourth-order valence-electron chi connectivity index (χ4n) is 3.07. The van der Waals surface area contributed by atoms with E-state index in [0.717, 1.165) is 17.5 Å². The molecule has 23 heavy (non-hydrogen) atoms. The normalized spacial score (nSPS) is 16.7. The molecular formula is C17H18N2O4. The lowest BCUT2D eigenvalue weighted by molar-refractivity contribution is -0.145. The molecule has 0 radical (unpaired) electrons. The molecule has 0 amide bonds. The molecule has 120 valence electrons. The molecule has 3 rings (SSSR count). The second-order valence-corrected chi connectivity index (χ2v) is 5.70. The minimum absolute atomic E-state index is 0.0224. The van der Waals surface area contributed by atoms with E-state index in [9.17, 15) is 14.7 Å². The van der Waals surface area contributed by atoms with Gasteiger partial charge in [0.05, 0.1) is 12.8 Å². The van der Waals surface area contributed by atoms with Crippen LogP contribution in [0.4, 0.5) is 0 Å². The number of benzene rings is 1. The van der Waals surface area contributed by atoms with Gasteiger partial charge < -0.3 is 14.4 Å². The largest absolute Gasteiger partial charge is 0.476 e. The van der Waals surface area contributed by atoms with Crippen molar-refractivity contribution >= 4 is 11.9 Å². The molecule has 1 unspecified atom stereocenters. The van der Waals surface area contributed by atoms with Crippen molar-refractivity contribution in [2.45, 2.75) is 32.2 Å². The first-order valence-corrected chi connectivity index (χ1v) is 7.52. The number of aromatic carboxylic acids is 1. The lowest BCUT2D eigenvalue weighted by atomic mass is 10.0. The fourth-order valence-corrected chi connectivity index (χ4v) is 3.07. The number of carboxylic acid groups (broad SMARTS) is 1. The quantitative estimate of drug-likeness (QED) is 0.881. The van der Waals surface area contributed by atoms with Gasteiger partial charge in [0.1, 0.15) is 11.9 Å². The van der Waals surface area contributed by atoms with Gasteiger partial charge in [-0.2, -0.15) is 0 Å². The molecule has 1 aromatic carbocycles. The highest BCUT2D eigenvalue weighted by Gasteiger charge is 2.34. The van der Waals surface area contributed by atoms with Gasteiger partial charge in [0.15, 0.2) is 5.69 Å². The molecule has 0 saturated carbocycles. The zero-order valence-corrected chi connectivity index (χ0v) is 13.1. The molecule has 0 spiro atoms. The van der Waals surface area contributed by atoms with Gasteiger partial charge in [-0.25, -0.2) is 14.6 Å². The van der Waals surface area contributed by atoms with Crippen LogP contribution in [0.2, 0.25) is 0 Å². The number of carbonyl (C=O) groups is 2. The summed E-state index contributed by atoms with van der Waals surface area (Å²) in [5.41, 5.74) is 2.51. The number of hydrogen-bond donors (Lipinski definition) is 1. The number of nitrogens with zero attached hydrogens (tertiary/aromatic N) is 2. The summed E-state index contributed by atoms with van der Waals surface area (Å²) < 4.78 is 6.63. The number of ether oxygens (including phenoxy) is 1. The van der Waals surface area contributed by atoms with Gasteiger partial charge in [-0.3, -0.25) is 0 Å². The second-order valence-electron chi connectivity index (χ2n) is 5.70. The predicted octanol–water partition coefficient (Wildman–Crippen LogP) is 2.61. The van der Waals surface area contributed by atoms with Crippen molar-refractivity contribution in [3.05, 3.63) is 41.2 Å². The summed E-state index contributed by atoms with van der Waals surface area (Å²) >= 11 is 0. The van der Waals surface area contributed by atoms with Crippen LogP contribution in [0.5, 0.6) is 0 Å². The number of imidazole rings is 1. The highest BCUT2D eigenvalue weighted by Crippen LogP contribution is 2.34. The van der Waals surface area contributed by atoms with Crippen LogP contribution in [0.3, 0.4) is 0 Å². The molecule has 1 N–H and O–H groups in total. The minimum Gasteiger partial charge on any atom is -0.476 e. The predicted molar refractivity (Wildman–Crippen MR) is 83.4 cm³/mol. The van der Waals surface area contributed by atoms with E-state index < -0.39 is 12.0 Å². The van der Waals surface area contributed by atoms with E-state index in [1.165, 1.54) is 7.11 Å². The molecule has 6 heteroatoms. The summed E-state index contributed by atoms with van der Waals surface area (Å²) in [6.07, 6.45) is 1.95. The fraction of sp³-hybridized carbons (Fsp3) is 0.353. The molecule has 2 aromatic rings. The number of esters is 1. The van der Waals surface area contributed by atoms with Crippen LogP contribution in [0.25, 0.3) is 11.4 Å². The van der Waals surface area contributed by atoms with E-state index in [2.05, 4.69) is 4.98 Å². The maximum atomic E-state index is 12.1. The van der Waals surface area contributed by atoms with E-state index in [1.54, 1.807) is 4.57 Å². The van der Waals surface area contributed by atoms with Crippen LogP contribution >= 0.6 is 0 Å². The van der Waals surface area contributed by atoms with Crippen molar-refractivity contribution in [1.82, 2.24) is 9.55 Å². The lowest BCUT2D eigenvalue weighted by Gasteiger charge is -2.25. The molecule has 1 aliphatic heterocycles. The van der Waals surface area contributed by atoms with E-state index in [4.69, 9.17) is 4.74 Å². The van der Waals surface area contributed by atoms with Crippen molar-refractivity contribution in [1.29, 1.82) is 0 Å². The van der Waals surface area contributed by atoms with Crippen LogP contribution < -0.4 is 0 Å². The summed E-state index contributed by atoms with van der Waals surface area (Å²) in [6, 6.07) is 7.13. The number of carbonyl (C=O) groups excluding carboxylic acids is 1. The van der Waals surface area contributed by atoms with Crippen LogP contribution in [0, 0.1) is 6.92 Å². The number of carboxylic acids is 1. The van der Waals surface area contributed by atoms with Crippen molar-refractivity contribution < 1.29 is 19.4 Å². The first-order chi connectivity index (χ1) is 11.0. The Morgan fingerprint density at radius 1 is 1.30 bits per heavy atom. The third-order valence-corrected chi connectivity index (χ3v) is 4.20. The summed E-state index contributed by atoms with van der Waals surface area (Å²) in [6.45, 7) is 1.98.